The molecule has 12 nitrogen and oxygen atoms in total. The number of carbonyl (C=O) groups excluding carboxylic acids is 6. The third-order valence-corrected chi connectivity index (χ3v) is 5.63. The standard InChI is InChI=1S/C24H38F3N5O7/c1-22(2,3)17(31-21(38)29-12-15(33)39-23(4,5)6)20(37)32-11-7-8-14(32)19(36)30-13(16(34)18(28)35)9-10-24(25,26)27/h13-14,17H,7-12H2,1-6H3,(H2,28,35)(H,30,36)(H2,29,31,38). The van der Waals surface area contributed by atoms with Crippen molar-refractivity contribution < 1.29 is 46.7 Å². The second-order valence-electron chi connectivity index (χ2n) is 11.3. The number of alkyl halides is 3. The fourth-order valence-corrected chi connectivity index (χ4v) is 3.85. The molecule has 0 radical (unpaired) electrons. The number of ether oxygens (including phenoxy) is 1. The summed E-state index contributed by atoms with van der Waals surface area (Å²) in [6, 6.07) is -4.99. The third kappa shape index (κ3) is 11.5. The van der Waals surface area contributed by atoms with E-state index in [1.165, 1.54) is 0 Å². The summed E-state index contributed by atoms with van der Waals surface area (Å²) in [5.74, 6) is -5.17. The van der Waals surface area contributed by atoms with Crippen molar-refractivity contribution in [3.63, 3.8) is 0 Å². The molecule has 1 heterocycles. The van der Waals surface area contributed by atoms with Crippen LogP contribution in [0.3, 0.4) is 0 Å². The van der Waals surface area contributed by atoms with Crippen LogP contribution in [0.1, 0.15) is 67.2 Å². The maximum Gasteiger partial charge on any atom is 0.389 e. The first-order valence-corrected chi connectivity index (χ1v) is 12.4. The highest BCUT2D eigenvalue weighted by molar-refractivity contribution is 6.37. The van der Waals surface area contributed by atoms with E-state index in [4.69, 9.17) is 10.5 Å². The highest BCUT2D eigenvalue weighted by atomic mass is 19.4. The highest BCUT2D eigenvalue weighted by Gasteiger charge is 2.43. The molecule has 0 saturated carbocycles. The van der Waals surface area contributed by atoms with Gasteiger partial charge in [-0.05, 0) is 45.4 Å². The van der Waals surface area contributed by atoms with Gasteiger partial charge in [0.15, 0.2) is 0 Å². The zero-order chi connectivity index (χ0) is 30.3. The Balaban J connectivity index is 2.99. The van der Waals surface area contributed by atoms with E-state index >= 15 is 0 Å². The van der Waals surface area contributed by atoms with E-state index < -0.39 is 90.2 Å². The molecule has 1 fully saturated rings. The molecule has 3 atom stereocenters. The number of primary amides is 1. The van der Waals surface area contributed by atoms with Crippen LogP contribution in [0.4, 0.5) is 18.0 Å². The van der Waals surface area contributed by atoms with Crippen molar-refractivity contribution in [1.29, 1.82) is 0 Å². The second kappa shape index (κ2) is 13.1. The molecule has 0 aromatic carbocycles. The van der Waals surface area contributed by atoms with Crippen molar-refractivity contribution >= 4 is 35.5 Å². The Kier molecular flexibility index (Phi) is 11.3. The minimum absolute atomic E-state index is 0.0989. The number of esters is 1. The lowest BCUT2D eigenvalue weighted by Gasteiger charge is -2.35. The Morgan fingerprint density at radius 2 is 1.59 bits per heavy atom. The van der Waals surface area contributed by atoms with E-state index in [1.807, 2.05) is 0 Å². The minimum Gasteiger partial charge on any atom is -0.459 e. The van der Waals surface area contributed by atoms with Crippen molar-refractivity contribution in [1.82, 2.24) is 20.9 Å². The summed E-state index contributed by atoms with van der Waals surface area (Å²) in [5, 5.41) is 6.95. The summed E-state index contributed by atoms with van der Waals surface area (Å²) in [6.07, 6.45) is -6.50. The topological polar surface area (TPSA) is 177 Å². The van der Waals surface area contributed by atoms with Crippen LogP contribution in [0.5, 0.6) is 0 Å². The fourth-order valence-electron chi connectivity index (χ4n) is 3.85. The number of carbonyl (C=O) groups is 6. The van der Waals surface area contributed by atoms with E-state index in [1.54, 1.807) is 41.5 Å². The summed E-state index contributed by atoms with van der Waals surface area (Å²) in [4.78, 5) is 75.3. The smallest absolute Gasteiger partial charge is 0.389 e. The number of urea groups is 1. The molecule has 1 saturated heterocycles. The van der Waals surface area contributed by atoms with Gasteiger partial charge in [0.1, 0.15) is 24.2 Å². The quantitative estimate of drug-likeness (QED) is 0.225. The van der Waals surface area contributed by atoms with Gasteiger partial charge in [-0.1, -0.05) is 20.8 Å². The maximum atomic E-state index is 13.5. The van der Waals surface area contributed by atoms with Gasteiger partial charge < -0.3 is 31.3 Å². The van der Waals surface area contributed by atoms with E-state index in [-0.39, 0.29) is 13.0 Å². The van der Waals surface area contributed by atoms with Gasteiger partial charge in [-0.2, -0.15) is 13.2 Å². The number of Topliss-reactive ketones (excluding diaryl/α,β-unsaturated/α-hetero) is 1. The predicted octanol–water partition coefficient (Wildman–Crippen LogP) is 0.915. The maximum absolute atomic E-state index is 13.5. The van der Waals surface area contributed by atoms with Crippen LogP contribution >= 0.6 is 0 Å². The van der Waals surface area contributed by atoms with Crippen molar-refractivity contribution in [3.8, 4) is 0 Å². The summed E-state index contributed by atoms with van der Waals surface area (Å²) >= 11 is 0. The van der Waals surface area contributed by atoms with Gasteiger partial charge in [0, 0.05) is 13.0 Å². The van der Waals surface area contributed by atoms with E-state index in [0.29, 0.717) is 6.42 Å². The minimum atomic E-state index is -4.65. The van der Waals surface area contributed by atoms with E-state index in [0.717, 1.165) is 4.90 Å². The van der Waals surface area contributed by atoms with Crippen LogP contribution in [-0.2, 0) is 28.7 Å². The first-order chi connectivity index (χ1) is 17.6. The van der Waals surface area contributed by atoms with E-state index in [2.05, 4.69) is 16.0 Å². The first kappa shape index (κ1) is 33.6. The Labute approximate surface area is 224 Å². The molecular formula is C24H38F3N5O7. The van der Waals surface area contributed by atoms with Gasteiger partial charge in [-0.25, -0.2) is 4.79 Å². The molecule has 0 aromatic rings. The number of nitrogens with two attached hydrogens (primary N) is 1. The van der Waals surface area contributed by atoms with Gasteiger partial charge in [0.05, 0.1) is 6.04 Å². The molecule has 15 heteroatoms. The first-order valence-electron chi connectivity index (χ1n) is 12.4. The summed E-state index contributed by atoms with van der Waals surface area (Å²) in [7, 11) is 0. The lowest BCUT2D eigenvalue weighted by atomic mass is 9.85. The number of halogens is 3. The van der Waals surface area contributed by atoms with Crippen molar-refractivity contribution in [2.24, 2.45) is 11.1 Å². The molecule has 1 aliphatic heterocycles. The SMILES string of the molecule is CC(C)(C)OC(=O)CNC(=O)NC(C(=O)N1CCCC1C(=O)NC(CCC(F)(F)F)C(=O)C(N)=O)C(C)(C)C. The summed E-state index contributed by atoms with van der Waals surface area (Å²) < 4.78 is 43.2. The lowest BCUT2D eigenvalue weighted by Crippen LogP contribution is -2.60. The number of rotatable bonds is 10. The molecule has 222 valence electrons. The van der Waals surface area contributed by atoms with Crippen LogP contribution in [0, 0.1) is 5.41 Å². The monoisotopic (exact) mass is 565 g/mol. The Hall–Kier alpha value is -3.39. The number of amides is 5. The van der Waals surface area contributed by atoms with Crippen LogP contribution in [0.15, 0.2) is 0 Å². The predicted molar refractivity (Wildman–Crippen MR) is 132 cm³/mol. The molecule has 5 N–H and O–H groups in total. The average Bonchev–Trinajstić information content (AvgIpc) is 3.25. The summed E-state index contributed by atoms with van der Waals surface area (Å²) in [5.41, 5.74) is 3.30. The average molecular weight is 566 g/mol. The summed E-state index contributed by atoms with van der Waals surface area (Å²) in [6.45, 7) is 9.59. The molecule has 0 bridgehead atoms. The molecule has 1 rings (SSSR count). The zero-order valence-electron chi connectivity index (χ0n) is 23.0. The van der Waals surface area contributed by atoms with Gasteiger partial charge in [-0.3, -0.25) is 24.0 Å². The van der Waals surface area contributed by atoms with Crippen molar-refractivity contribution in [2.75, 3.05) is 13.1 Å². The molecule has 5 amide bonds. The number of nitrogens with one attached hydrogen (secondary N) is 3. The number of likely N-dealkylation sites (tertiary alicyclic amines) is 1. The van der Waals surface area contributed by atoms with Crippen molar-refractivity contribution in [3.05, 3.63) is 0 Å². The largest absolute Gasteiger partial charge is 0.459 e. The number of nitrogens with zero attached hydrogens (tertiary/aromatic N) is 1. The van der Waals surface area contributed by atoms with Gasteiger partial charge in [0.25, 0.3) is 5.91 Å². The van der Waals surface area contributed by atoms with Crippen LogP contribution < -0.4 is 21.7 Å². The molecular weight excluding hydrogens is 527 g/mol. The Morgan fingerprint density at radius 3 is 2.08 bits per heavy atom. The Bertz CT molecular complexity index is 957. The Morgan fingerprint density at radius 1 is 1.00 bits per heavy atom. The molecule has 1 aliphatic rings. The number of hydrogen-bond acceptors (Lipinski definition) is 7. The lowest BCUT2D eigenvalue weighted by molar-refractivity contribution is -0.153. The highest BCUT2D eigenvalue weighted by Crippen LogP contribution is 2.27. The molecule has 3 unspecified atom stereocenters. The molecule has 0 aliphatic carbocycles. The third-order valence-electron chi connectivity index (χ3n) is 5.63. The molecule has 39 heavy (non-hydrogen) atoms. The number of ketones is 1. The van der Waals surface area contributed by atoms with Gasteiger partial charge in [0.2, 0.25) is 17.6 Å². The van der Waals surface area contributed by atoms with Crippen LogP contribution in [0.2, 0.25) is 0 Å². The zero-order valence-corrected chi connectivity index (χ0v) is 23.0. The second-order valence-corrected chi connectivity index (χ2v) is 11.3. The van der Waals surface area contributed by atoms with Crippen LogP contribution in [0.25, 0.3) is 0 Å². The van der Waals surface area contributed by atoms with Gasteiger partial charge >= 0.3 is 18.2 Å². The van der Waals surface area contributed by atoms with Gasteiger partial charge in [-0.15, -0.1) is 0 Å². The van der Waals surface area contributed by atoms with Crippen LogP contribution in [-0.4, -0.2) is 83.4 Å². The molecule has 0 aromatic heterocycles. The number of hydrogen-bond donors (Lipinski definition) is 4. The molecule has 0 spiro atoms. The van der Waals surface area contributed by atoms with E-state index in [9.17, 15) is 41.9 Å². The van der Waals surface area contributed by atoms with Crippen molar-refractivity contribution in [2.45, 2.75) is 97.1 Å². The normalized spacial score (nSPS) is 17.6. The fraction of sp³-hybridized carbons (Fsp3) is 0.750.